The van der Waals surface area contributed by atoms with E-state index in [1.807, 2.05) is 22.9 Å². The van der Waals surface area contributed by atoms with Crippen molar-refractivity contribution in [2.24, 2.45) is 0 Å². The molecule has 0 fully saturated rings. The quantitative estimate of drug-likeness (QED) is 0.513. The van der Waals surface area contributed by atoms with Crippen molar-refractivity contribution in [1.82, 2.24) is 9.78 Å². The van der Waals surface area contributed by atoms with E-state index < -0.39 is 5.97 Å². The molecule has 0 aliphatic carbocycles. The zero-order valence-corrected chi connectivity index (χ0v) is 16.3. The molecule has 3 aromatic carbocycles. The fraction of sp³-hybridized carbons (Fsp3) is 0.120. The monoisotopic (exact) mass is 395 g/mol. The van der Waals surface area contributed by atoms with E-state index in [0.29, 0.717) is 0 Å². The summed E-state index contributed by atoms with van der Waals surface area (Å²) in [5.74, 6) is 0.00893. The molecule has 0 bridgehead atoms. The Kier molecular flexibility index (Phi) is 4.56. The van der Waals surface area contributed by atoms with E-state index in [4.69, 9.17) is 5.10 Å². The maximum Gasteiger partial charge on any atom is 0.335 e. The van der Waals surface area contributed by atoms with Crippen molar-refractivity contribution in [3.63, 3.8) is 0 Å². The van der Waals surface area contributed by atoms with Crippen molar-refractivity contribution >= 4 is 11.8 Å². The fourth-order valence-corrected chi connectivity index (χ4v) is 4.19. The average molecular weight is 395 g/mol. The standard InChI is InChI=1S/C25H21N3O2/c29-25(30)19-12-7-13-20(16-19)28-24-21(14-15-26-24)23(27-28)22(17-8-3-1-4-9-17)18-10-5-2-6-11-18/h1-13,16,22,26H,14-15H2,(H,29,30). The van der Waals surface area contributed by atoms with Crippen LogP contribution >= 0.6 is 0 Å². The Balaban J connectivity index is 1.70. The number of nitrogens with zero attached hydrogens (tertiary/aromatic N) is 2. The van der Waals surface area contributed by atoms with Crippen LogP contribution in [0.3, 0.4) is 0 Å². The van der Waals surface area contributed by atoms with Gasteiger partial charge in [0.25, 0.3) is 0 Å². The number of aromatic carboxylic acids is 1. The molecule has 2 N–H and O–H groups in total. The van der Waals surface area contributed by atoms with E-state index in [1.54, 1.807) is 18.2 Å². The maximum atomic E-state index is 11.5. The predicted octanol–water partition coefficient (Wildman–Crippen LogP) is 4.72. The molecule has 0 radical (unpaired) electrons. The zero-order valence-electron chi connectivity index (χ0n) is 16.3. The number of anilines is 1. The molecule has 5 rings (SSSR count). The normalized spacial score (nSPS) is 12.6. The Morgan fingerprint density at radius 1 is 0.933 bits per heavy atom. The van der Waals surface area contributed by atoms with E-state index in [9.17, 15) is 9.90 Å². The largest absolute Gasteiger partial charge is 0.478 e. The SMILES string of the molecule is O=C(O)c1cccc(-n2nc(C(c3ccccc3)c3ccccc3)c3c2NCC3)c1. The second kappa shape index (κ2) is 7.52. The van der Waals surface area contributed by atoms with E-state index in [2.05, 4.69) is 53.8 Å². The van der Waals surface area contributed by atoms with Gasteiger partial charge >= 0.3 is 5.97 Å². The summed E-state index contributed by atoms with van der Waals surface area (Å²) in [6, 6.07) is 27.7. The molecule has 0 atom stereocenters. The topological polar surface area (TPSA) is 67.1 Å². The molecule has 0 spiro atoms. The molecule has 1 aromatic heterocycles. The third kappa shape index (κ3) is 3.14. The number of rotatable bonds is 5. The highest BCUT2D eigenvalue weighted by Gasteiger charge is 2.29. The van der Waals surface area contributed by atoms with Crippen LogP contribution in [-0.2, 0) is 6.42 Å². The van der Waals surface area contributed by atoms with Crippen LogP contribution in [0.1, 0.15) is 38.7 Å². The van der Waals surface area contributed by atoms with Crippen LogP contribution in [0, 0.1) is 0 Å². The van der Waals surface area contributed by atoms with E-state index in [0.717, 1.165) is 30.2 Å². The van der Waals surface area contributed by atoms with Gasteiger partial charge in [0.1, 0.15) is 5.82 Å². The highest BCUT2D eigenvalue weighted by molar-refractivity contribution is 5.88. The van der Waals surface area contributed by atoms with Crippen LogP contribution < -0.4 is 5.32 Å². The molecule has 4 aromatic rings. The molecule has 2 heterocycles. The van der Waals surface area contributed by atoms with Crippen LogP contribution in [0.25, 0.3) is 5.69 Å². The van der Waals surface area contributed by atoms with E-state index in [-0.39, 0.29) is 11.5 Å². The molecule has 0 unspecified atom stereocenters. The second-order valence-corrected chi connectivity index (χ2v) is 7.41. The summed E-state index contributed by atoms with van der Waals surface area (Å²) in [5, 5.41) is 17.9. The van der Waals surface area contributed by atoms with Gasteiger partial charge in [-0.1, -0.05) is 66.7 Å². The first-order chi connectivity index (χ1) is 14.7. The Hall–Kier alpha value is -3.86. The Bertz CT molecular complexity index is 1160. The third-order valence-electron chi connectivity index (χ3n) is 5.56. The minimum absolute atomic E-state index is 0.00459. The third-order valence-corrected chi connectivity index (χ3v) is 5.56. The summed E-state index contributed by atoms with van der Waals surface area (Å²) in [6.07, 6.45) is 0.888. The summed E-state index contributed by atoms with van der Waals surface area (Å²) < 4.78 is 1.85. The van der Waals surface area contributed by atoms with Crippen LogP contribution in [0.2, 0.25) is 0 Å². The van der Waals surface area contributed by atoms with Crippen LogP contribution in [0.15, 0.2) is 84.9 Å². The van der Waals surface area contributed by atoms with Crippen molar-refractivity contribution in [1.29, 1.82) is 0 Å². The molecule has 30 heavy (non-hydrogen) atoms. The molecular weight excluding hydrogens is 374 g/mol. The van der Waals surface area contributed by atoms with Crippen LogP contribution in [0.4, 0.5) is 5.82 Å². The van der Waals surface area contributed by atoms with Crippen LogP contribution in [0.5, 0.6) is 0 Å². The van der Waals surface area contributed by atoms with Gasteiger partial charge in [-0.15, -0.1) is 0 Å². The average Bonchev–Trinajstić information content (AvgIpc) is 3.39. The lowest BCUT2D eigenvalue weighted by Gasteiger charge is -2.17. The first kappa shape index (κ1) is 18.2. The molecule has 1 aliphatic heterocycles. The summed E-state index contributed by atoms with van der Waals surface area (Å²) in [5.41, 5.74) is 5.55. The highest BCUT2D eigenvalue weighted by atomic mass is 16.4. The number of aromatic nitrogens is 2. The van der Waals surface area contributed by atoms with Crippen molar-refractivity contribution in [2.75, 3.05) is 11.9 Å². The smallest absolute Gasteiger partial charge is 0.335 e. The minimum atomic E-state index is -0.944. The highest BCUT2D eigenvalue weighted by Crippen LogP contribution is 2.38. The van der Waals surface area contributed by atoms with Gasteiger partial charge in [0.15, 0.2) is 0 Å². The lowest BCUT2D eigenvalue weighted by Crippen LogP contribution is -2.10. The van der Waals surface area contributed by atoms with Gasteiger partial charge in [-0.05, 0) is 35.7 Å². The predicted molar refractivity (Wildman–Crippen MR) is 117 cm³/mol. The van der Waals surface area contributed by atoms with Gasteiger partial charge in [-0.2, -0.15) is 5.10 Å². The molecular formula is C25H21N3O2. The van der Waals surface area contributed by atoms with Gasteiger partial charge in [-0.3, -0.25) is 0 Å². The molecule has 0 amide bonds. The number of hydrogen-bond acceptors (Lipinski definition) is 3. The summed E-state index contributed by atoms with van der Waals surface area (Å²) in [4.78, 5) is 11.5. The van der Waals surface area contributed by atoms with Crippen molar-refractivity contribution < 1.29 is 9.90 Å². The Morgan fingerprint density at radius 3 is 2.23 bits per heavy atom. The van der Waals surface area contributed by atoms with E-state index >= 15 is 0 Å². The van der Waals surface area contributed by atoms with Gasteiger partial charge in [0.2, 0.25) is 0 Å². The Morgan fingerprint density at radius 2 is 1.60 bits per heavy atom. The first-order valence-electron chi connectivity index (χ1n) is 10.0. The number of carboxylic acids is 1. The summed E-state index contributed by atoms with van der Waals surface area (Å²) in [7, 11) is 0. The van der Waals surface area contributed by atoms with Crippen molar-refractivity contribution in [2.45, 2.75) is 12.3 Å². The second-order valence-electron chi connectivity index (χ2n) is 7.41. The number of nitrogens with one attached hydrogen (secondary N) is 1. The molecule has 0 saturated carbocycles. The molecule has 5 nitrogen and oxygen atoms in total. The molecule has 1 aliphatic rings. The van der Waals surface area contributed by atoms with Gasteiger partial charge in [0.05, 0.1) is 22.9 Å². The Labute approximate surface area is 174 Å². The number of carbonyl (C=O) groups is 1. The first-order valence-corrected chi connectivity index (χ1v) is 10.0. The number of hydrogen-bond donors (Lipinski definition) is 2. The zero-order chi connectivity index (χ0) is 20.5. The number of fused-ring (bicyclic) bond motifs is 1. The lowest BCUT2D eigenvalue weighted by atomic mass is 9.86. The van der Waals surface area contributed by atoms with Gasteiger partial charge in [-0.25, -0.2) is 9.48 Å². The van der Waals surface area contributed by atoms with Gasteiger partial charge < -0.3 is 10.4 Å². The van der Waals surface area contributed by atoms with Crippen LogP contribution in [-0.4, -0.2) is 27.4 Å². The lowest BCUT2D eigenvalue weighted by molar-refractivity contribution is 0.0697. The molecule has 148 valence electrons. The summed E-state index contributed by atoms with van der Waals surface area (Å²) in [6.45, 7) is 0.842. The molecule has 0 saturated heterocycles. The minimum Gasteiger partial charge on any atom is -0.478 e. The maximum absolute atomic E-state index is 11.5. The fourth-order valence-electron chi connectivity index (χ4n) is 4.19. The van der Waals surface area contributed by atoms with Crippen molar-refractivity contribution in [3.8, 4) is 5.69 Å². The number of carboxylic acid groups (broad SMARTS) is 1. The summed E-state index contributed by atoms with van der Waals surface area (Å²) >= 11 is 0. The van der Waals surface area contributed by atoms with Gasteiger partial charge in [0, 0.05) is 12.1 Å². The van der Waals surface area contributed by atoms with E-state index in [1.165, 1.54) is 16.7 Å². The van der Waals surface area contributed by atoms with Crippen molar-refractivity contribution in [3.05, 3.63) is 113 Å². The molecule has 5 heteroatoms. The number of benzene rings is 3.